The molecule has 0 aliphatic carbocycles. The van der Waals surface area contributed by atoms with E-state index in [-0.39, 0.29) is 12.7 Å². The highest BCUT2D eigenvalue weighted by Crippen LogP contribution is 2.23. The molecule has 0 aliphatic heterocycles. The van der Waals surface area contributed by atoms with Gasteiger partial charge in [0.15, 0.2) is 0 Å². The Balaban J connectivity index is 2.34. The minimum absolute atomic E-state index is 0.0355. The molecule has 4 nitrogen and oxygen atoms in total. The molecule has 19 heavy (non-hydrogen) atoms. The van der Waals surface area contributed by atoms with Crippen LogP contribution in [0.4, 0.5) is 5.82 Å². The number of hydrogen-bond donors (Lipinski definition) is 2. The number of fused-ring (bicyclic) bond motifs is 1. The Morgan fingerprint density at radius 3 is 2.74 bits per heavy atom. The summed E-state index contributed by atoms with van der Waals surface area (Å²) in [4.78, 5) is 6.59. The molecule has 1 heterocycles. The van der Waals surface area contributed by atoms with Gasteiger partial charge in [-0.15, -0.1) is 0 Å². The highest BCUT2D eigenvalue weighted by Gasteiger charge is 2.11. The predicted octanol–water partition coefficient (Wildman–Crippen LogP) is 1.93. The normalized spacial score (nSPS) is 12.6. The summed E-state index contributed by atoms with van der Waals surface area (Å²) in [5, 5.41) is 19.9. The zero-order chi connectivity index (χ0) is 13.8. The number of para-hydroxylation sites is 1. The first kappa shape index (κ1) is 13.8. The third-order valence-corrected chi connectivity index (χ3v) is 3.19. The number of rotatable bonds is 5. The molecule has 0 bridgehead atoms. The van der Waals surface area contributed by atoms with Crippen molar-refractivity contribution in [3.05, 3.63) is 35.9 Å². The summed E-state index contributed by atoms with van der Waals surface area (Å²) in [6, 6.07) is 9.83. The topological polar surface area (TPSA) is 56.6 Å². The number of aliphatic hydroxyl groups is 2. The molecule has 0 amide bonds. The number of anilines is 1. The fourth-order valence-electron chi connectivity index (χ4n) is 2.08. The number of hydrogen-bond acceptors (Lipinski definition) is 4. The maximum atomic E-state index is 9.49. The van der Waals surface area contributed by atoms with E-state index in [9.17, 15) is 10.2 Å². The Kier molecular flexibility index (Phi) is 4.35. The number of benzene rings is 1. The number of pyridine rings is 1. The smallest absolute Gasteiger partial charge is 0.134 e. The number of aliphatic hydroxyl groups excluding tert-OH is 2. The van der Waals surface area contributed by atoms with Crippen molar-refractivity contribution in [1.82, 2.24) is 4.98 Å². The largest absolute Gasteiger partial charge is 0.393 e. The first-order chi connectivity index (χ1) is 9.11. The van der Waals surface area contributed by atoms with Crippen LogP contribution in [0.3, 0.4) is 0 Å². The Morgan fingerprint density at radius 1 is 1.32 bits per heavy atom. The first-order valence-corrected chi connectivity index (χ1v) is 6.50. The molecule has 0 radical (unpaired) electrons. The van der Waals surface area contributed by atoms with Gasteiger partial charge in [0.05, 0.1) is 18.2 Å². The SMILES string of the molecule is CC(O)CCN(C)c1nc2ccccc2cc1CO. The fourth-order valence-corrected chi connectivity index (χ4v) is 2.08. The predicted molar refractivity (Wildman–Crippen MR) is 77.2 cm³/mol. The van der Waals surface area contributed by atoms with Crippen LogP contribution in [-0.2, 0) is 6.61 Å². The van der Waals surface area contributed by atoms with Crippen molar-refractivity contribution in [2.24, 2.45) is 0 Å². The summed E-state index contributed by atoms with van der Waals surface area (Å²) >= 11 is 0. The van der Waals surface area contributed by atoms with Gasteiger partial charge < -0.3 is 15.1 Å². The molecular formula is C15H20N2O2. The van der Waals surface area contributed by atoms with E-state index in [4.69, 9.17) is 0 Å². The molecule has 1 aromatic carbocycles. The van der Waals surface area contributed by atoms with Crippen LogP contribution in [0.5, 0.6) is 0 Å². The third kappa shape index (κ3) is 3.22. The highest BCUT2D eigenvalue weighted by atomic mass is 16.3. The molecule has 102 valence electrons. The molecule has 1 unspecified atom stereocenters. The van der Waals surface area contributed by atoms with Crippen LogP contribution in [0.25, 0.3) is 10.9 Å². The molecule has 2 aromatic rings. The van der Waals surface area contributed by atoms with Gasteiger partial charge in [-0.2, -0.15) is 0 Å². The van der Waals surface area contributed by atoms with Gasteiger partial charge in [-0.3, -0.25) is 0 Å². The van der Waals surface area contributed by atoms with Crippen LogP contribution >= 0.6 is 0 Å². The van der Waals surface area contributed by atoms with Crippen LogP contribution in [0.1, 0.15) is 18.9 Å². The van der Waals surface area contributed by atoms with Crippen LogP contribution < -0.4 is 4.90 Å². The second-order valence-electron chi connectivity index (χ2n) is 4.88. The summed E-state index contributed by atoms with van der Waals surface area (Å²) in [7, 11) is 1.93. The summed E-state index contributed by atoms with van der Waals surface area (Å²) < 4.78 is 0. The average Bonchev–Trinajstić information content (AvgIpc) is 2.43. The third-order valence-electron chi connectivity index (χ3n) is 3.19. The van der Waals surface area contributed by atoms with E-state index in [1.807, 2.05) is 42.3 Å². The zero-order valence-corrected chi connectivity index (χ0v) is 11.4. The molecule has 2 N–H and O–H groups in total. The number of nitrogens with zero attached hydrogens (tertiary/aromatic N) is 2. The highest BCUT2D eigenvalue weighted by molar-refractivity contribution is 5.81. The Labute approximate surface area is 113 Å². The molecule has 0 spiro atoms. The molecule has 2 rings (SSSR count). The molecule has 0 saturated carbocycles. The molecule has 1 atom stereocenters. The van der Waals surface area contributed by atoms with Gasteiger partial charge in [0.1, 0.15) is 5.82 Å². The van der Waals surface area contributed by atoms with Crippen molar-refractivity contribution in [3.8, 4) is 0 Å². The van der Waals surface area contributed by atoms with Crippen molar-refractivity contribution in [1.29, 1.82) is 0 Å². The molecule has 0 saturated heterocycles. The van der Waals surface area contributed by atoms with E-state index in [2.05, 4.69) is 4.98 Å². The van der Waals surface area contributed by atoms with E-state index < -0.39 is 0 Å². The van der Waals surface area contributed by atoms with Crippen molar-refractivity contribution >= 4 is 16.7 Å². The van der Waals surface area contributed by atoms with E-state index in [1.54, 1.807) is 6.92 Å². The minimum atomic E-state index is -0.333. The molecule has 0 fully saturated rings. The lowest BCUT2D eigenvalue weighted by atomic mass is 10.1. The average molecular weight is 260 g/mol. The lowest BCUT2D eigenvalue weighted by Crippen LogP contribution is -2.24. The second kappa shape index (κ2) is 5.99. The van der Waals surface area contributed by atoms with Crippen molar-refractivity contribution < 1.29 is 10.2 Å². The Bertz CT molecular complexity index is 555. The summed E-state index contributed by atoms with van der Waals surface area (Å²) in [5.74, 6) is 0.779. The van der Waals surface area contributed by atoms with E-state index in [0.29, 0.717) is 13.0 Å². The van der Waals surface area contributed by atoms with E-state index >= 15 is 0 Å². The van der Waals surface area contributed by atoms with Crippen LogP contribution in [-0.4, -0.2) is 34.9 Å². The monoisotopic (exact) mass is 260 g/mol. The summed E-state index contributed by atoms with van der Waals surface area (Å²) in [5.41, 5.74) is 1.73. The maximum Gasteiger partial charge on any atom is 0.134 e. The fraction of sp³-hybridized carbons (Fsp3) is 0.400. The van der Waals surface area contributed by atoms with Crippen LogP contribution in [0.15, 0.2) is 30.3 Å². The maximum absolute atomic E-state index is 9.49. The van der Waals surface area contributed by atoms with Gasteiger partial charge in [-0.1, -0.05) is 18.2 Å². The standard InChI is InChI=1S/C15H20N2O2/c1-11(19)7-8-17(2)15-13(10-18)9-12-5-3-4-6-14(12)16-15/h3-6,9,11,18-19H,7-8,10H2,1-2H3. The molecule has 0 aliphatic rings. The van der Waals surface area contributed by atoms with Crippen molar-refractivity contribution in [2.45, 2.75) is 26.1 Å². The van der Waals surface area contributed by atoms with Crippen molar-refractivity contribution in [3.63, 3.8) is 0 Å². The molecular weight excluding hydrogens is 240 g/mol. The first-order valence-electron chi connectivity index (χ1n) is 6.50. The Morgan fingerprint density at radius 2 is 2.05 bits per heavy atom. The number of aromatic nitrogens is 1. The zero-order valence-electron chi connectivity index (χ0n) is 11.4. The van der Waals surface area contributed by atoms with E-state index in [1.165, 1.54) is 0 Å². The van der Waals surface area contributed by atoms with Gasteiger partial charge in [-0.25, -0.2) is 4.98 Å². The lowest BCUT2D eigenvalue weighted by Gasteiger charge is -2.22. The summed E-state index contributed by atoms with van der Waals surface area (Å²) in [6.45, 7) is 2.44. The molecule has 4 heteroatoms. The van der Waals surface area contributed by atoms with Crippen LogP contribution in [0, 0.1) is 0 Å². The van der Waals surface area contributed by atoms with Gasteiger partial charge in [0.2, 0.25) is 0 Å². The second-order valence-corrected chi connectivity index (χ2v) is 4.88. The molecule has 1 aromatic heterocycles. The van der Waals surface area contributed by atoms with Gasteiger partial charge in [-0.05, 0) is 25.5 Å². The van der Waals surface area contributed by atoms with Crippen molar-refractivity contribution in [2.75, 3.05) is 18.5 Å². The minimum Gasteiger partial charge on any atom is -0.393 e. The van der Waals surface area contributed by atoms with Crippen LogP contribution in [0.2, 0.25) is 0 Å². The quantitative estimate of drug-likeness (QED) is 0.862. The van der Waals surface area contributed by atoms with Gasteiger partial charge in [0, 0.05) is 24.5 Å². The lowest BCUT2D eigenvalue weighted by molar-refractivity contribution is 0.186. The Hall–Kier alpha value is -1.65. The summed E-state index contributed by atoms with van der Waals surface area (Å²) in [6.07, 6.45) is 0.344. The van der Waals surface area contributed by atoms with Gasteiger partial charge >= 0.3 is 0 Å². The van der Waals surface area contributed by atoms with Gasteiger partial charge in [0.25, 0.3) is 0 Å². The van der Waals surface area contributed by atoms with E-state index in [0.717, 1.165) is 22.3 Å².